The molecular formula is C24H35NO4. The molecule has 0 saturated carbocycles. The Morgan fingerprint density at radius 2 is 1.90 bits per heavy atom. The van der Waals surface area contributed by atoms with Gasteiger partial charge in [-0.1, -0.05) is 32.6 Å². The Morgan fingerprint density at radius 1 is 1.17 bits per heavy atom. The molecule has 0 aliphatic carbocycles. The molecule has 160 valence electrons. The van der Waals surface area contributed by atoms with Crippen LogP contribution in [-0.2, 0) is 22.4 Å². The van der Waals surface area contributed by atoms with Crippen LogP contribution in [0.25, 0.3) is 5.70 Å². The molecule has 0 spiro atoms. The molecule has 1 aromatic rings. The highest BCUT2D eigenvalue weighted by molar-refractivity contribution is 5.90. The smallest absolute Gasteiger partial charge is 0.414 e. The van der Waals surface area contributed by atoms with Crippen LogP contribution in [0.1, 0.15) is 76.5 Å². The van der Waals surface area contributed by atoms with E-state index in [-0.39, 0.29) is 0 Å². The van der Waals surface area contributed by atoms with Crippen LogP contribution < -0.4 is 4.74 Å². The van der Waals surface area contributed by atoms with Gasteiger partial charge in [0.25, 0.3) is 0 Å². The SMILES string of the molecule is CCCCCCCc1cc2c(cc1OC)CCN(C(=O)OC(C)(C)C)/C2=C\C=O. The van der Waals surface area contributed by atoms with E-state index in [1.807, 2.05) is 20.8 Å². The second-order valence-corrected chi connectivity index (χ2v) is 8.56. The van der Waals surface area contributed by atoms with Crippen LogP contribution in [0.2, 0.25) is 0 Å². The molecule has 5 nitrogen and oxygen atoms in total. The van der Waals surface area contributed by atoms with Gasteiger partial charge in [0, 0.05) is 18.2 Å². The van der Waals surface area contributed by atoms with Gasteiger partial charge in [0.05, 0.1) is 12.8 Å². The lowest BCUT2D eigenvalue weighted by molar-refractivity contribution is -0.104. The van der Waals surface area contributed by atoms with E-state index in [0.717, 1.165) is 41.6 Å². The van der Waals surface area contributed by atoms with Crippen molar-refractivity contribution in [3.63, 3.8) is 0 Å². The van der Waals surface area contributed by atoms with Crippen LogP contribution in [0.15, 0.2) is 18.2 Å². The Labute approximate surface area is 175 Å². The molecule has 1 heterocycles. The topological polar surface area (TPSA) is 55.8 Å². The Kier molecular flexibility index (Phi) is 8.30. The summed E-state index contributed by atoms with van der Waals surface area (Å²) in [6, 6.07) is 4.14. The second kappa shape index (κ2) is 10.5. The van der Waals surface area contributed by atoms with E-state index < -0.39 is 11.7 Å². The van der Waals surface area contributed by atoms with Gasteiger partial charge >= 0.3 is 6.09 Å². The summed E-state index contributed by atoms with van der Waals surface area (Å²) in [5.74, 6) is 0.885. The number of fused-ring (bicyclic) bond motifs is 1. The minimum atomic E-state index is -0.590. The van der Waals surface area contributed by atoms with Crippen LogP contribution in [0, 0.1) is 0 Å². The van der Waals surface area contributed by atoms with Gasteiger partial charge in [0.15, 0.2) is 0 Å². The highest BCUT2D eigenvalue weighted by atomic mass is 16.6. The zero-order chi connectivity index (χ0) is 21.4. The lowest BCUT2D eigenvalue weighted by Gasteiger charge is -2.33. The number of carbonyl (C=O) groups excluding carboxylic acids is 2. The van der Waals surface area contributed by atoms with Gasteiger partial charge in [-0.3, -0.25) is 9.69 Å². The van der Waals surface area contributed by atoms with Crippen molar-refractivity contribution in [3.05, 3.63) is 34.9 Å². The molecule has 1 aliphatic rings. The maximum absolute atomic E-state index is 12.7. The van der Waals surface area contributed by atoms with Crippen LogP contribution >= 0.6 is 0 Å². The highest BCUT2D eigenvalue weighted by Gasteiger charge is 2.30. The van der Waals surface area contributed by atoms with Gasteiger partial charge < -0.3 is 9.47 Å². The number of benzene rings is 1. The highest BCUT2D eigenvalue weighted by Crippen LogP contribution is 2.35. The van der Waals surface area contributed by atoms with Crippen molar-refractivity contribution < 1.29 is 19.1 Å². The largest absolute Gasteiger partial charge is 0.496 e. The van der Waals surface area contributed by atoms with Gasteiger partial charge in [0.2, 0.25) is 0 Å². The van der Waals surface area contributed by atoms with E-state index in [1.165, 1.54) is 31.8 Å². The molecule has 1 amide bonds. The summed E-state index contributed by atoms with van der Waals surface area (Å²) < 4.78 is 11.2. The number of ether oxygens (including phenoxy) is 2. The summed E-state index contributed by atoms with van der Waals surface area (Å²) in [6.07, 6.45) is 9.39. The van der Waals surface area contributed by atoms with Crippen molar-refractivity contribution in [3.8, 4) is 5.75 Å². The van der Waals surface area contributed by atoms with Gasteiger partial charge in [-0.2, -0.15) is 0 Å². The second-order valence-electron chi connectivity index (χ2n) is 8.56. The fraction of sp³-hybridized carbons (Fsp3) is 0.583. The summed E-state index contributed by atoms with van der Waals surface area (Å²) in [7, 11) is 1.69. The average Bonchev–Trinajstić information content (AvgIpc) is 2.66. The lowest BCUT2D eigenvalue weighted by atomic mass is 9.92. The molecular weight excluding hydrogens is 366 g/mol. The molecule has 2 rings (SSSR count). The number of hydrogen-bond acceptors (Lipinski definition) is 4. The molecule has 0 radical (unpaired) electrons. The van der Waals surface area contributed by atoms with E-state index in [4.69, 9.17) is 9.47 Å². The van der Waals surface area contributed by atoms with Gasteiger partial charge in [-0.25, -0.2) is 4.79 Å². The summed E-state index contributed by atoms with van der Waals surface area (Å²) in [5, 5.41) is 0. The molecule has 1 aliphatic heterocycles. The van der Waals surface area contributed by atoms with Crippen molar-refractivity contribution in [1.29, 1.82) is 0 Å². The predicted molar refractivity (Wildman–Crippen MR) is 116 cm³/mol. The predicted octanol–water partition coefficient (Wildman–Crippen LogP) is 5.54. The molecule has 0 unspecified atom stereocenters. The van der Waals surface area contributed by atoms with E-state index in [9.17, 15) is 9.59 Å². The zero-order valence-corrected chi connectivity index (χ0v) is 18.5. The maximum Gasteiger partial charge on any atom is 0.414 e. The van der Waals surface area contributed by atoms with Crippen molar-refractivity contribution in [2.24, 2.45) is 0 Å². The number of aldehydes is 1. The first-order chi connectivity index (χ1) is 13.8. The van der Waals surface area contributed by atoms with Gasteiger partial charge in [0.1, 0.15) is 17.6 Å². The van der Waals surface area contributed by atoms with Crippen molar-refractivity contribution >= 4 is 18.1 Å². The minimum absolute atomic E-state index is 0.423. The molecule has 0 N–H and O–H groups in total. The number of amides is 1. The number of rotatable bonds is 8. The van der Waals surface area contributed by atoms with Crippen molar-refractivity contribution in [2.45, 2.75) is 78.2 Å². The molecule has 1 aromatic carbocycles. The Bertz CT molecular complexity index is 746. The number of aryl methyl sites for hydroxylation is 1. The Hall–Kier alpha value is -2.30. The lowest BCUT2D eigenvalue weighted by Crippen LogP contribution is -2.39. The first kappa shape index (κ1) is 23.0. The average molecular weight is 402 g/mol. The summed E-state index contributed by atoms with van der Waals surface area (Å²) in [6.45, 7) is 8.21. The van der Waals surface area contributed by atoms with Crippen molar-refractivity contribution in [1.82, 2.24) is 4.90 Å². The van der Waals surface area contributed by atoms with Gasteiger partial charge in [-0.15, -0.1) is 0 Å². The first-order valence-corrected chi connectivity index (χ1v) is 10.7. The monoisotopic (exact) mass is 401 g/mol. The number of hydrogen-bond donors (Lipinski definition) is 0. The van der Waals surface area contributed by atoms with Crippen LogP contribution in [0.3, 0.4) is 0 Å². The Balaban J connectivity index is 2.31. The zero-order valence-electron chi connectivity index (χ0n) is 18.5. The standard InChI is InChI=1S/C24H35NO4/c1-6-7-8-9-10-11-19-16-20-18(17-22(19)28-5)12-14-25(21(20)13-15-26)23(27)29-24(2,3)4/h13,15-17H,6-12,14H2,1-5H3/b21-13-. The molecule has 0 atom stereocenters. The van der Waals surface area contributed by atoms with E-state index >= 15 is 0 Å². The van der Waals surface area contributed by atoms with Gasteiger partial charge in [-0.05, 0) is 63.3 Å². The third kappa shape index (κ3) is 6.34. The first-order valence-electron chi connectivity index (χ1n) is 10.7. The fourth-order valence-electron chi connectivity index (χ4n) is 3.67. The van der Waals surface area contributed by atoms with Crippen LogP contribution in [-0.4, -0.2) is 36.5 Å². The third-order valence-corrected chi connectivity index (χ3v) is 5.07. The number of allylic oxidation sites excluding steroid dienone is 1. The Morgan fingerprint density at radius 3 is 2.52 bits per heavy atom. The molecule has 0 saturated heterocycles. The minimum Gasteiger partial charge on any atom is -0.496 e. The third-order valence-electron chi connectivity index (χ3n) is 5.07. The fourth-order valence-corrected chi connectivity index (χ4v) is 3.67. The summed E-state index contributed by atoms with van der Waals surface area (Å²) >= 11 is 0. The molecule has 0 bridgehead atoms. The van der Waals surface area contributed by atoms with Crippen LogP contribution in [0.5, 0.6) is 5.75 Å². The number of carbonyl (C=O) groups is 2. The molecule has 0 aromatic heterocycles. The number of methoxy groups -OCH3 is 1. The quantitative estimate of drug-likeness (QED) is 0.326. The van der Waals surface area contributed by atoms with E-state index in [1.54, 1.807) is 12.0 Å². The molecule has 29 heavy (non-hydrogen) atoms. The maximum atomic E-state index is 12.7. The summed E-state index contributed by atoms with van der Waals surface area (Å²) in [5.41, 5.74) is 3.13. The van der Waals surface area contributed by atoms with Crippen molar-refractivity contribution in [2.75, 3.05) is 13.7 Å². The molecule has 0 fully saturated rings. The van der Waals surface area contributed by atoms with Crippen LogP contribution in [0.4, 0.5) is 4.79 Å². The van der Waals surface area contributed by atoms with E-state index in [2.05, 4.69) is 19.1 Å². The normalized spacial score (nSPS) is 15.2. The summed E-state index contributed by atoms with van der Waals surface area (Å²) in [4.78, 5) is 25.6. The number of unbranched alkanes of at least 4 members (excludes halogenated alkanes) is 4. The van der Waals surface area contributed by atoms with E-state index in [0.29, 0.717) is 18.7 Å². The number of nitrogens with zero attached hydrogens (tertiary/aromatic N) is 1. The molecule has 5 heteroatoms.